The molecule has 0 aliphatic heterocycles. The predicted octanol–water partition coefficient (Wildman–Crippen LogP) is 1.28. The molecule has 3 N–H and O–H groups in total. The molecule has 0 atom stereocenters. The number of hydrogen-bond donors (Lipinski definition) is 2. The van der Waals surface area contributed by atoms with E-state index in [0.29, 0.717) is 12.4 Å². The molecule has 0 saturated carbocycles. The molecule has 19 heavy (non-hydrogen) atoms. The quantitative estimate of drug-likeness (QED) is 0.858. The van der Waals surface area contributed by atoms with Crippen molar-refractivity contribution in [2.75, 3.05) is 11.9 Å². The van der Waals surface area contributed by atoms with Crippen LogP contribution in [0.3, 0.4) is 0 Å². The fourth-order valence-corrected chi connectivity index (χ4v) is 1.70. The Morgan fingerprint density at radius 1 is 1.42 bits per heavy atom. The Labute approximate surface area is 115 Å². The maximum absolute atomic E-state index is 11.3. The van der Waals surface area contributed by atoms with Crippen molar-refractivity contribution in [1.82, 2.24) is 15.2 Å². The van der Waals surface area contributed by atoms with Gasteiger partial charge in [0, 0.05) is 18.9 Å². The first-order valence-electron chi connectivity index (χ1n) is 5.62. The second kappa shape index (κ2) is 6.10. The number of rotatable bonds is 5. The fraction of sp³-hybridized carbons (Fsp3) is 0.167. The second-order valence-corrected chi connectivity index (χ2v) is 4.22. The summed E-state index contributed by atoms with van der Waals surface area (Å²) in [5, 5.41) is 10.6. The largest absolute Gasteiger partial charge is 0.368 e. The van der Waals surface area contributed by atoms with Gasteiger partial charge in [-0.3, -0.25) is 9.78 Å². The van der Waals surface area contributed by atoms with Crippen molar-refractivity contribution in [1.29, 1.82) is 0 Å². The van der Waals surface area contributed by atoms with Crippen LogP contribution in [0.1, 0.15) is 15.9 Å². The number of nitrogens with zero attached hydrogens (tertiary/aromatic N) is 3. The van der Waals surface area contributed by atoms with Crippen LogP contribution >= 0.6 is 11.6 Å². The van der Waals surface area contributed by atoms with Crippen LogP contribution in [0.5, 0.6) is 0 Å². The van der Waals surface area contributed by atoms with Crippen LogP contribution in [0, 0.1) is 0 Å². The molecule has 2 aromatic rings. The van der Waals surface area contributed by atoms with E-state index in [1.165, 1.54) is 6.07 Å². The average Bonchev–Trinajstić information content (AvgIpc) is 2.41. The smallest absolute Gasteiger partial charge is 0.252 e. The summed E-state index contributed by atoms with van der Waals surface area (Å²) in [6.07, 6.45) is 4.24. The van der Waals surface area contributed by atoms with Gasteiger partial charge in [-0.15, -0.1) is 10.2 Å². The zero-order valence-corrected chi connectivity index (χ0v) is 10.8. The van der Waals surface area contributed by atoms with Crippen LogP contribution in [-0.2, 0) is 6.42 Å². The van der Waals surface area contributed by atoms with E-state index in [2.05, 4.69) is 20.5 Å². The lowest BCUT2D eigenvalue weighted by Gasteiger charge is -2.08. The highest BCUT2D eigenvalue weighted by Gasteiger charge is 2.11. The molecule has 0 aliphatic rings. The number of primary amides is 1. The van der Waals surface area contributed by atoms with Gasteiger partial charge in [0.25, 0.3) is 5.91 Å². The Morgan fingerprint density at radius 3 is 2.95 bits per heavy atom. The number of anilines is 1. The van der Waals surface area contributed by atoms with E-state index in [4.69, 9.17) is 17.3 Å². The van der Waals surface area contributed by atoms with Crippen molar-refractivity contribution in [3.63, 3.8) is 0 Å². The lowest BCUT2D eigenvalue weighted by Crippen LogP contribution is -2.17. The van der Waals surface area contributed by atoms with Gasteiger partial charge < -0.3 is 11.1 Å². The number of amides is 1. The van der Waals surface area contributed by atoms with Crippen LogP contribution in [0.25, 0.3) is 0 Å². The highest BCUT2D eigenvalue weighted by Crippen LogP contribution is 2.14. The zero-order valence-electron chi connectivity index (χ0n) is 10.0. The molecular formula is C12H12ClN5O. The molecule has 0 bridgehead atoms. The topological polar surface area (TPSA) is 93.8 Å². The van der Waals surface area contributed by atoms with E-state index in [0.717, 1.165) is 12.0 Å². The van der Waals surface area contributed by atoms with Gasteiger partial charge in [0.2, 0.25) is 0 Å². The number of nitrogens with one attached hydrogen (secondary N) is 1. The third-order valence-corrected chi connectivity index (χ3v) is 2.64. The first-order chi connectivity index (χ1) is 9.16. The Bertz CT molecular complexity index is 576. The van der Waals surface area contributed by atoms with Crippen LogP contribution in [0.4, 0.5) is 5.82 Å². The van der Waals surface area contributed by atoms with Crippen molar-refractivity contribution < 1.29 is 4.79 Å². The molecular weight excluding hydrogens is 266 g/mol. The number of aromatic nitrogens is 3. The van der Waals surface area contributed by atoms with E-state index in [9.17, 15) is 4.79 Å². The molecule has 0 aromatic carbocycles. The Balaban J connectivity index is 2.02. The molecule has 2 rings (SSSR count). The van der Waals surface area contributed by atoms with E-state index in [1.54, 1.807) is 12.4 Å². The van der Waals surface area contributed by atoms with Gasteiger partial charge >= 0.3 is 0 Å². The van der Waals surface area contributed by atoms with E-state index in [-0.39, 0.29) is 10.7 Å². The minimum atomic E-state index is -0.597. The van der Waals surface area contributed by atoms with Crippen LogP contribution in [0.15, 0.2) is 30.6 Å². The third kappa shape index (κ3) is 3.62. The average molecular weight is 278 g/mol. The minimum absolute atomic E-state index is 0.131. The highest BCUT2D eigenvalue weighted by atomic mass is 35.5. The third-order valence-electron chi connectivity index (χ3n) is 2.46. The van der Waals surface area contributed by atoms with Crippen LogP contribution < -0.4 is 11.1 Å². The summed E-state index contributed by atoms with van der Waals surface area (Å²) in [6.45, 7) is 0.586. The maximum atomic E-state index is 11.3. The van der Waals surface area contributed by atoms with Gasteiger partial charge in [-0.05, 0) is 24.1 Å². The molecule has 2 aromatic heterocycles. The van der Waals surface area contributed by atoms with Gasteiger partial charge in [-0.1, -0.05) is 17.7 Å². The molecule has 0 radical (unpaired) electrons. The molecule has 0 spiro atoms. The summed E-state index contributed by atoms with van der Waals surface area (Å²) in [7, 11) is 0. The predicted molar refractivity (Wildman–Crippen MR) is 72.0 cm³/mol. The van der Waals surface area contributed by atoms with Crippen molar-refractivity contribution in [3.05, 3.63) is 46.9 Å². The first kappa shape index (κ1) is 13.2. The molecule has 1 amide bonds. The number of hydrogen-bond acceptors (Lipinski definition) is 5. The Morgan fingerprint density at radius 2 is 2.26 bits per heavy atom. The number of nitrogens with two attached hydrogens (primary N) is 1. The Kier molecular flexibility index (Phi) is 4.25. The molecule has 0 fully saturated rings. The maximum Gasteiger partial charge on any atom is 0.252 e. The van der Waals surface area contributed by atoms with E-state index < -0.39 is 5.91 Å². The summed E-state index contributed by atoms with van der Waals surface area (Å²) in [6, 6.07) is 5.23. The summed E-state index contributed by atoms with van der Waals surface area (Å²) >= 11 is 5.67. The van der Waals surface area contributed by atoms with Crippen LogP contribution in [0.2, 0.25) is 5.15 Å². The van der Waals surface area contributed by atoms with Crippen molar-refractivity contribution in [2.24, 2.45) is 5.73 Å². The lowest BCUT2D eigenvalue weighted by molar-refractivity contribution is 0.100. The molecule has 6 nitrogen and oxygen atoms in total. The van der Waals surface area contributed by atoms with Crippen molar-refractivity contribution >= 4 is 23.3 Å². The Hall–Kier alpha value is -2.21. The zero-order chi connectivity index (χ0) is 13.7. The summed E-state index contributed by atoms with van der Waals surface area (Å²) < 4.78 is 0. The molecule has 0 aliphatic carbocycles. The van der Waals surface area contributed by atoms with Gasteiger partial charge in [0.15, 0.2) is 11.0 Å². The fourth-order valence-electron chi connectivity index (χ4n) is 1.56. The minimum Gasteiger partial charge on any atom is -0.368 e. The van der Waals surface area contributed by atoms with Gasteiger partial charge in [-0.25, -0.2) is 0 Å². The molecule has 98 valence electrons. The summed E-state index contributed by atoms with van der Waals surface area (Å²) in [5.74, 6) is -0.263. The van der Waals surface area contributed by atoms with Crippen molar-refractivity contribution in [3.8, 4) is 0 Å². The number of halogens is 1. The van der Waals surface area contributed by atoms with E-state index in [1.807, 2.05) is 12.1 Å². The number of pyridine rings is 1. The molecule has 0 unspecified atom stereocenters. The summed E-state index contributed by atoms with van der Waals surface area (Å²) in [5.41, 5.74) is 6.56. The van der Waals surface area contributed by atoms with Gasteiger partial charge in [0.1, 0.15) is 0 Å². The number of carbonyl (C=O) groups is 1. The lowest BCUT2D eigenvalue weighted by atomic mass is 10.2. The second-order valence-electron chi connectivity index (χ2n) is 3.83. The SMILES string of the molecule is NC(=O)c1cc(Cl)nnc1NCCc1cccnc1. The van der Waals surface area contributed by atoms with E-state index >= 15 is 0 Å². The molecule has 0 saturated heterocycles. The highest BCUT2D eigenvalue weighted by molar-refractivity contribution is 6.29. The monoisotopic (exact) mass is 277 g/mol. The number of carbonyl (C=O) groups excluding carboxylic acids is 1. The van der Waals surface area contributed by atoms with Crippen LogP contribution in [-0.4, -0.2) is 27.6 Å². The standard InChI is InChI=1S/C12H12ClN5O/c13-10-6-9(11(14)19)12(18-17-10)16-5-3-8-2-1-4-15-7-8/h1-2,4,6-7H,3,5H2,(H2,14,19)(H,16,18). The van der Waals surface area contributed by atoms with Gasteiger partial charge in [-0.2, -0.15) is 0 Å². The van der Waals surface area contributed by atoms with Gasteiger partial charge in [0.05, 0.1) is 5.56 Å². The molecule has 2 heterocycles. The summed E-state index contributed by atoms with van der Waals surface area (Å²) in [4.78, 5) is 15.3. The normalized spacial score (nSPS) is 10.2. The molecule has 7 heteroatoms. The first-order valence-corrected chi connectivity index (χ1v) is 6.00. The van der Waals surface area contributed by atoms with Crippen molar-refractivity contribution in [2.45, 2.75) is 6.42 Å².